The van der Waals surface area contributed by atoms with Crippen molar-refractivity contribution in [2.24, 2.45) is 0 Å². The number of nitrogens with zero attached hydrogens (tertiary/aromatic N) is 6. The Morgan fingerprint density at radius 1 is 1.11 bits per heavy atom. The van der Waals surface area contributed by atoms with Crippen LogP contribution in [0, 0.1) is 6.92 Å². The number of likely N-dealkylation sites (N-methyl/N-ethyl adjacent to an activating group) is 2. The van der Waals surface area contributed by atoms with Crippen molar-refractivity contribution >= 4 is 28.4 Å². The Morgan fingerprint density at radius 3 is 2.54 bits per heavy atom. The highest BCUT2D eigenvalue weighted by Crippen LogP contribution is 2.34. The van der Waals surface area contributed by atoms with E-state index in [0.717, 1.165) is 28.3 Å². The van der Waals surface area contributed by atoms with Crippen LogP contribution in [0.1, 0.15) is 5.56 Å². The van der Waals surface area contributed by atoms with Crippen LogP contribution in [0.4, 0.5) is 11.5 Å². The van der Waals surface area contributed by atoms with Crippen LogP contribution in [0.3, 0.4) is 0 Å². The van der Waals surface area contributed by atoms with Crippen molar-refractivity contribution in [1.82, 2.24) is 24.6 Å². The van der Waals surface area contributed by atoms with Crippen molar-refractivity contribution in [1.29, 1.82) is 0 Å². The first-order valence-electron chi connectivity index (χ1n) is 11.1. The highest BCUT2D eigenvalue weighted by atomic mass is 16.5. The van der Waals surface area contributed by atoms with Crippen molar-refractivity contribution in [2.75, 3.05) is 45.4 Å². The summed E-state index contributed by atoms with van der Waals surface area (Å²) in [6, 6.07) is 13.4. The number of benzene rings is 2. The van der Waals surface area contributed by atoms with E-state index < -0.39 is 0 Å². The quantitative estimate of drug-likeness (QED) is 0.412. The smallest absolute Gasteiger partial charge is 0.250 e. The lowest BCUT2D eigenvalue weighted by Gasteiger charge is -2.16. The maximum absolute atomic E-state index is 12.5. The fraction of sp³-hybridized carbons (Fsp3) is 0.231. The van der Waals surface area contributed by atoms with E-state index in [2.05, 4.69) is 9.97 Å². The number of methoxy groups -OCH3 is 1. The zero-order chi connectivity index (χ0) is 25.1. The second-order valence-corrected chi connectivity index (χ2v) is 8.48. The summed E-state index contributed by atoms with van der Waals surface area (Å²) in [6.45, 7) is 2.68. The maximum Gasteiger partial charge on any atom is 0.250 e. The van der Waals surface area contributed by atoms with Crippen molar-refractivity contribution in [3.8, 4) is 22.7 Å². The van der Waals surface area contributed by atoms with E-state index in [1.54, 1.807) is 29.8 Å². The topological polar surface area (TPSA) is 102 Å². The first-order chi connectivity index (χ1) is 16.8. The molecule has 0 radical (unpaired) electrons. The van der Waals surface area contributed by atoms with Crippen molar-refractivity contribution in [2.45, 2.75) is 6.92 Å². The summed E-state index contributed by atoms with van der Waals surface area (Å²) in [5, 5.41) is 5.51. The fourth-order valence-electron chi connectivity index (χ4n) is 3.74. The molecule has 0 atom stereocenters. The van der Waals surface area contributed by atoms with Gasteiger partial charge in [0.1, 0.15) is 23.6 Å². The highest BCUT2D eigenvalue weighted by molar-refractivity contribution is 6.01. The number of hydrogen-bond donors (Lipinski definition) is 1. The minimum atomic E-state index is -0.0970. The number of aromatic nitrogens is 4. The molecule has 2 N–H and O–H groups in total. The zero-order valence-electron chi connectivity index (χ0n) is 20.6. The number of rotatable bonds is 7. The Hall–Kier alpha value is -4.24. The molecule has 2 aromatic carbocycles. The van der Waals surface area contributed by atoms with Crippen LogP contribution in [0.5, 0.6) is 5.75 Å². The van der Waals surface area contributed by atoms with Gasteiger partial charge < -0.3 is 20.3 Å². The summed E-state index contributed by atoms with van der Waals surface area (Å²) in [5.74, 6) is 1.01. The predicted molar refractivity (Wildman–Crippen MR) is 139 cm³/mol. The van der Waals surface area contributed by atoms with Crippen LogP contribution in [-0.4, -0.2) is 65.4 Å². The molecule has 0 saturated heterocycles. The van der Waals surface area contributed by atoms with Gasteiger partial charge in [0, 0.05) is 30.9 Å². The molecule has 2 heterocycles. The molecule has 0 saturated carbocycles. The van der Waals surface area contributed by atoms with E-state index >= 15 is 0 Å². The maximum atomic E-state index is 12.5. The van der Waals surface area contributed by atoms with E-state index in [0.29, 0.717) is 29.1 Å². The number of hydrogen-bond acceptors (Lipinski definition) is 7. The number of ether oxygens (including phenoxy) is 1. The van der Waals surface area contributed by atoms with Gasteiger partial charge in [0.15, 0.2) is 5.65 Å². The van der Waals surface area contributed by atoms with Crippen LogP contribution < -0.4 is 15.4 Å². The number of nitrogen functional groups attached to an aromatic ring is 1. The summed E-state index contributed by atoms with van der Waals surface area (Å²) in [7, 11) is 7.30. The van der Waals surface area contributed by atoms with Crippen LogP contribution in [0.25, 0.3) is 28.0 Å². The van der Waals surface area contributed by atoms with Gasteiger partial charge in [0.05, 0.1) is 18.2 Å². The largest absolute Gasteiger partial charge is 0.496 e. The Kier molecular flexibility index (Phi) is 6.79. The first kappa shape index (κ1) is 23.9. The number of carbonyl (C=O) groups excluding carboxylic acids is 1. The molecule has 0 fully saturated rings. The monoisotopic (exact) mass is 471 g/mol. The molecule has 0 aliphatic carbocycles. The van der Waals surface area contributed by atoms with Gasteiger partial charge in [-0.2, -0.15) is 5.10 Å². The van der Waals surface area contributed by atoms with Crippen LogP contribution >= 0.6 is 0 Å². The van der Waals surface area contributed by atoms with Gasteiger partial charge in [-0.1, -0.05) is 18.2 Å². The lowest BCUT2D eigenvalue weighted by Crippen LogP contribution is -2.24. The van der Waals surface area contributed by atoms with Crippen LogP contribution in [-0.2, 0) is 4.79 Å². The van der Waals surface area contributed by atoms with E-state index in [4.69, 9.17) is 15.6 Å². The summed E-state index contributed by atoms with van der Waals surface area (Å²) >= 11 is 0. The fourth-order valence-corrected chi connectivity index (χ4v) is 3.74. The number of nitrogens with two attached hydrogens (primary N) is 1. The van der Waals surface area contributed by atoms with Gasteiger partial charge in [-0.15, -0.1) is 0 Å². The highest BCUT2D eigenvalue weighted by Gasteiger charge is 2.19. The molecule has 2 aromatic heterocycles. The molecule has 180 valence electrons. The molecule has 0 aliphatic rings. The third-order valence-corrected chi connectivity index (χ3v) is 5.72. The average molecular weight is 472 g/mol. The molecule has 0 spiro atoms. The van der Waals surface area contributed by atoms with Gasteiger partial charge in [0.2, 0.25) is 5.91 Å². The molecule has 9 nitrogen and oxygen atoms in total. The second kappa shape index (κ2) is 9.94. The second-order valence-electron chi connectivity index (χ2n) is 8.48. The van der Waals surface area contributed by atoms with E-state index in [9.17, 15) is 4.79 Å². The summed E-state index contributed by atoms with van der Waals surface area (Å²) in [6.07, 6.45) is 4.85. The molecule has 1 amide bonds. The molecule has 0 unspecified atom stereocenters. The van der Waals surface area contributed by atoms with E-state index in [1.165, 1.54) is 6.33 Å². The summed E-state index contributed by atoms with van der Waals surface area (Å²) < 4.78 is 7.23. The Labute approximate surface area is 204 Å². The molecule has 4 rings (SSSR count). The SMILES string of the molecule is COc1cc(-c2nn(-c3ccc(N(C)C(=O)/C=C/CN(C)C)cc3)c3ncnc(N)c23)ccc1C. The Bertz CT molecular complexity index is 1390. The minimum absolute atomic E-state index is 0.0970. The normalized spacial score (nSPS) is 11.5. The van der Waals surface area contributed by atoms with Gasteiger partial charge in [0.25, 0.3) is 0 Å². The number of aryl methyl sites for hydroxylation is 1. The molecule has 0 bridgehead atoms. The van der Waals surface area contributed by atoms with Gasteiger partial charge in [-0.05, 0) is 56.9 Å². The van der Waals surface area contributed by atoms with Crippen molar-refractivity contribution in [3.05, 3.63) is 66.5 Å². The van der Waals surface area contributed by atoms with E-state index in [1.807, 2.05) is 74.5 Å². The lowest BCUT2D eigenvalue weighted by molar-refractivity contribution is -0.113. The van der Waals surface area contributed by atoms with Gasteiger partial charge in [-0.25, -0.2) is 14.6 Å². The summed E-state index contributed by atoms with van der Waals surface area (Å²) in [4.78, 5) is 24.7. The van der Waals surface area contributed by atoms with E-state index in [-0.39, 0.29) is 5.91 Å². The summed E-state index contributed by atoms with van der Waals surface area (Å²) in [5.41, 5.74) is 10.9. The average Bonchev–Trinajstić information content (AvgIpc) is 3.24. The standard InChI is InChI=1S/C26H29N7O2/c1-17-8-9-18(15-21(17)35-5)24-23-25(27)28-16-29-26(23)33(30-24)20-12-10-19(11-13-20)32(4)22(34)7-6-14-31(2)3/h6-13,15-16H,14H2,1-5H3,(H2,27,28,29)/b7-6+. The molecule has 4 aromatic rings. The van der Waals surface area contributed by atoms with Crippen molar-refractivity contribution < 1.29 is 9.53 Å². The third-order valence-electron chi connectivity index (χ3n) is 5.72. The molecule has 9 heteroatoms. The van der Waals surface area contributed by atoms with Crippen LogP contribution in [0.2, 0.25) is 0 Å². The molecular formula is C26H29N7O2. The first-order valence-corrected chi connectivity index (χ1v) is 11.1. The number of carbonyl (C=O) groups is 1. The molecular weight excluding hydrogens is 442 g/mol. The number of anilines is 2. The zero-order valence-corrected chi connectivity index (χ0v) is 20.6. The number of fused-ring (bicyclic) bond motifs is 1. The molecule has 35 heavy (non-hydrogen) atoms. The predicted octanol–water partition coefficient (Wildman–Crippen LogP) is 3.46. The minimum Gasteiger partial charge on any atom is -0.496 e. The Balaban J connectivity index is 1.71. The third kappa shape index (κ3) is 4.85. The van der Waals surface area contributed by atoms with Crippen molar-refractivity contribution in [3.63, 3.8) is 0 Å². The van der Waals surface area contributed by atoms with Gasteiger partial charge >= 0.3 is 0 Å². The van der Waals surface area contributed by atoms with Gasteiger partial charge in [-0.3, -0.25) is 4.79 Å². The van der Waals surface area contributed by atoms with Crippen LogP contribution in [0.15, 0.2) is 60.9 Å². The lowest BCUT2D eigenvalue weighted by atomic mass is 10.1. The molecule has 0 aliphatic heterocycles. The Morgan fingerprint density at radius 2 is 1.86 bits per heavy atom. The number of amides is 1.